The second kappa shape index (κ2) is 7.05. The number of methoxy groups -OCH3 is 1. The monoisotopic (exact) mass is 342 g/mol. The summed E-state index contributed by atoms with van der Waals surface area (Å²) in [5.41, 5.74) is 1.17. The van der Waals surface area contributed by atoms with Gasteiger partial charge >= 0.3 is 0 Å². The Kier molecular flexibility index (Phi) is 4.66. The molecule has 0 saturated heterocycles. The third-order valence-corrected chi connectivity index (χ3v) is 4.11. The first-order chi connectivity index (χ1) is 11.7. The molecular weight excluding hydrogens is 328 g/mol. The van der Waals surface area contributed by atoms with Crippen LogP contribution in [0.25, 0.3) is 10.2 Å². The SMILES string of the molecule is COc1ccc2nc(NC(=O)CNC(=O)c3cccnc3)sc2c1. The average molecular weight is 342 g/mol. The van der Waals surface area contributed by atoms with Gasteiger partial charge in [0, 0.05) is 12.4 Å². The van der Waals surface area contributed by atoms with Crippen LogP contribution in [0, 0.1) is 0 Å². The second-order valence-corrected chi connectivity index (χ2v) is 5.86. The van der Waals surface area contributed by atoms with Gasteiger partial charge in [0.2, 0.25) is 5.91 Å². The molecule has 122 valence electrons. The van der Waals surface area contributed by atoms with E-state index in [1.807, 2.05) is 18.2 Å². The molecule has 0 unspecified atom stereocenters. The zero-order valence-corrected chi connectivity index (χ0v) is 13.6. The highest BCUT2D eigenvalue weighted by atomic mass is 32.1. The minimum Gasteiger partial charge on any atom is -0.497 e. The quantitative estimate of drug-likeness (QED) is 0.740. The number of ether oxygens (including phenoxy) is 1. The normalized spacial score (nSPS) is 10.4. The number of carbonyl (C=O) groups excluding carboxylic acids is 2. The molecule has 7 nitrogen and oxygen atoms in total. The molecule has 1 aromatic carbocycles. The third kappa shape index (κ3) is 3.66. The summed E-state index contributed by atoms with van der Waals surface area (Å²) in [7, 11) is 1.59. The van der Waals surface area contributed by atoms with Crippen molar-refractivity contribution in [2.45, 2.75) is 0 Å². The molecule has 0 aliphatic rings. The number of hydrogen-bond acceptors (Lipinski definition) is 6. The van der Waals surface area contributed by atoms with E-state index in [4.69, 9.17) is 4.74 Å². The first-order valence-electron chi connectivity index (χ1n) is 7.08. The van der Waals surface area contributed by atoms with Crippen LogP contribution in [0.2, 0.25) is 0 Å². The predicted octanol–water partition coefficient (Wildman–Crippen LogP) is 2.07. The molecule has 3 aromatic rings. The maximum Gasteiger partial charge on any atom is 0.253 e. The predicted molar refractivity (Wildman–Crippen MR) is 91.4 cm³/mol. The molecule has 24 heavy (non-hydrogen) atoms. The van der Waals surface area contributed by atoms with Gasteiger partial charge in [-0.05, 0) is 30.3 Å². The molecule has 0 radical (unpaired) electrons. The number of fused-ring (bicyclic) bond motifs is 1. The molecule has 0 bridgehead atoms. The molecule has 2 aromatic heterocycles. The lowest BCUT2D eigenvalue weighted by Gasteiger charge is -2.04. The van der Waals surface area contributed by atoms with Crippen LogP contribution < -0.4 is 15.4 Å². The third-order valence-electron chi connectivity index (χ3n) is 3.18. The number of nitrogens with one attached hydrogen (secondary N) is 2. The molecule has 0 saturated carbocycles. The number of benzene rings is 1. The summed E-state index contributed by atoms with van der Waals surface area (Å²) in [4.78, 5) is 32.0. The minimum atomic E-state index is -0.354. The highest BCUT2D eigenvalue weighted by Gasteiger charge is 2.11. The van der Waals surface area contributed by atoms with E-state index in [1.54, 1.807) is 25.4 Å². The number of nitrogens with zero attached hydrogens (tertiary/aromatic N) is 2. The van der Waals surface area contributed by atoms with Crippen molar-refractivity contribution >= 4 is 38.5 Å². The molecule has 0 atom stereocenters. The van der Waals surface area contributed by atoms with Crippen LogP contribution in [-0.2, 0) is 4.79 Å². The Hall–Kier alpha value is -3.00. The second-order valence-electron chi connectivity index (χ2n) is 4.83. The van der Waals surface area contributed by atoms with Gasteiger partial charge in [-0.3, -0.25) is 14.6 Å². The van der Waals surface area contributed by atoms with Gasteiger partial charge in [-0.2, -0.15) is 0 Å². The highest BCUT2D eigenvalue weighted by Crippen LogP contribution is 2.28. The van der Waals surface area contributed by atoms with Crippen molar-refractivity contribution in [1.82, 2.24) is 15.3 Å². The summed E-state index contributed by atoms with van der Waals surface area (Å²) in [6.07, 6.45) is 3.01. The topological polar surface area (TPSA) is 93.2 Å². The number of aromatic nitrogens is 2. The fourth-order valence-electron chi connectivity index (χ4n) is 2.01. The summed E-state index contributed by atoms with van der Waals surface area (Å²) in [6.45, 7) is -0.146. The Morgan fingerprint density at radius 1 is 1.29 bits per heavy atom. The Morgan fingerprint density at radius 3 is 2.92 bits per heavy atom. The van der Waals surface area contributed by atoms with Crippen molar-refractivity contribution in [2.24, 2.45) is 0 Å². The highest BCUT2D eigenvalue weighted by molar-refractivity contribution is 7.22. The van der Waals surface area contributed by atoms with Crippen LogP contribution in [0.1, 0.15) is 10.4 Å². The molecular formula is C16H14N4O3S. The first-order valence-corrected chi connectivity index (χ1v) is 7.90. The summed E-state index contributed by atoms with van der Waals surface area (Å²) >= 11 is 1.34. The number of hydrogen-bond donors (Lipinski definition) is 2. The van der Waals surface area contributed by atoms with E-state index in [2.05, 4.69) is 20.6 Å². The average Bonchev–Trinajstić information content (AvgIpc) is 3.01. The van der Waals surface area contributed by atoms with Crippen molar-refractivity contribution in [3.05, 3.63) is 48.3 Å². The minimum absolute atomic E-state index is 0.146. The van der Waals surface area contributed by atoms with Gasteiger partial charge in [0.05, 0.1) is 29.4 Å². The van der Waals surface area contributed by atoms with Crippen LogP contribution in [0.5, 0.6) is 5.75 Å². The Labute approximate surface area is 141 Å². The summed E-state index contributed by atoms with van der Waals surface area (Å²) in [6, 6.07) is 8.77. The zero-order chi connectivity index (χ0) is 16.9. The fraction of sp³-hybridized carbons (Fsp3) is 0.125. The summed E-state index contributed by atoms with van der Waals surface area (Å²) < 4.78 is 6.07. The van der Waals surface area contributed by atoms with E-state index >= 15 is 0 Å². The van der Waals surface area contributed by atoms with Crippen LogP contribution in [0.4, 0.5) is 5.13 Å². The van der Waals surface area contributed by atoms with Crippen molar-refractivity contribution in [1.29, 1.82) is 0 Å². The van der Waals surface area contributed by atoms with Crippen molar-refractivity contribution in [3.8, 4) is 5.75 Å². The first kappa shape index (κ1) is 15.9. The fourth-order valence-corrected chi connectivity index (χ4v) is 2.92. The molecule has 2 amide bonds. The molecule has 0 spiro atoms. The Morgan fingerprint density at radius 2 is 2.17 bits per heavy atom. The molecule has 3 rings (SSSR count). The summed E-state index contributed by atoms with van der Waals surface area (Å²) in [5.74, 6) is 0.0262. The molecule has 0 fully saturated rings. The Bertz CT molecular complexity index is 879. The summed E-state index contributed by atoms with van der Waals surface area (Å²) in [5, 5.41) is 5.68. The van der Waals surface area contributed by atoms with Crippen LogP contribution in [0.15, 0.2) is 42.7 Å². The van der Waals surface area contributed by atoms with Gasteiger partial charge in [0.25, 0.3) is 5.91 Å². The van der Waals surface area contributed by atoms with E-state index in [-0.39, 0.29) is 18.4 Å². The van der Waals surface area contributed by atoms with Crippen molar-refractivity contribution in [3.63, 3.8) is 0 Å². The van der Waals surface area contributed by atoms with Gasteiger partial charge in [0.1, 0.15) is 5.75 Å². The van der Waals surface area contributed by atoms with Crippen LogP contribution in [-0.4, -0.2) is 35.4 Å². The van der Waals surface area contributed by atoms with Gasteiger partial charge in [-0.1, -0.05) is 11.3 Å². The van der Waals surface area contributed by atoms with E-state index in [9.17, 15) is 9.59 Å². The lowest BCUT2D eigenvalue weighted by Crippen LogP contribution is -2.32. The van der Waals surface area contributed by atoms with Crippen molar-refractivity contribution in [2.75, 3.05) is 19.0 Å². The Balaban J connectivity index is 1.59. The van der Waals surface area contributed by atoms with E-state index in [1.165, 1.54) is 17.5 Å². The van der Waals surface area contributed by atoms with Crippen LogP contribution >= 0.6 is 11.3 Å². The van der Waals surface area contributed by atoms with E-state index < -0.39 is 0 Å². The van der Waals surface area contributed by atoms with Gasteiger partial charge in [0.15, 0.2) is 5.13 Å². The molecule has 0 aliphatic carbocycles. The zero-order valence-electron chi connectivity index (χ0n) is 12.8. The van der Waals surface area contributed by atoms with Crippen molar-refractivity contribution < 1.29 is 14.3 Å². The molecule has 8 heteroatoms. The van der Waals surface area contributed by atoms with E-state index in [0.29, 0.717) is 10.7 Å². The molecule has 2 N–H and O–H groups in total. The maximum atomic E-state index is 11.9. The number of anilines is 1. The van der Waals surface area contributed by atoms with E-state index in [0.717, 1.165) is 16.0 Å². The van der Waals surface area contributed by atoms with Crippen LogP contribution in [0.3, 0.4) is 0 Å². The largest absolute Gasteiger partial charge is 0.497 e. The van der Waals surface area contributed by atoms with Gasteiger partial charge in [-0.25, -0.2) is 4.98 Å². The lowest BCUT2D eigenvalue weighted by atomic mass is 10.3. The number of rotatable bonds is 5. The molecule has 0 aliphatic heterocycles. The lowest BCUT2D eigenvalue weighted by molar-refractivity contribution is -0.115. The number of amides is 2. The standard InChI is InChI=1S/C16H14N4O3S/c1-23-11-4-5-12-13(7-11)24-16(19-12)20-14(21)9-18-15(22)10-3-2-6-17-8-10/h2-8H,9H2,1H3,(H,18,22)(H,19,20,21). The van der Waals surface area contributed by atoms with Gasteiger partial charge < -0.3 is 15.4 Å². The number of pyridine rings is 1. The van der Waals surface area contributed by atoms with Gasteiger partial charge in [-0.15, -0.1) is 0 Å². The molecule has 2 heterocycles. The maximum absolute atomic E-state index is 11.9. The number of thiazole rings is 1. The smallest absolute Gasteiger partial charge is 0.253 e. The number of carbonyl (C=O) groups is 2.